The number of hydrogen-bond donors (Lipinski definition) is 2. The number of benzene rings is 4. The topological polar surface area (TPSA) is 105 Å². The molecule has 2 N–H and O–H groups in total. The number of aromatic amines is 1. The van der Waals surface area contributed by atoms with Gasteiger partial charge in [-0.15, -0.1) is 0 Å². The zero-order valence-corrected chi connectivity index (χ0v) is 25.8. The number of halogens is 7. The first kappa shape index (κ1) is 35.6. The van der Waals surface area contributed by atoms with E-state index in [1.165, 1.54) is 18.2 Å². The fourth-order valence-electron chi connectivity index (χ4n) is 5.17. The number of H-pyrrole nitrogens is 1. The molecule has 0 fully saturated rings. The molecule has 0 aliphatic carbocycles. The number of hydrogen-bond acceptors (Lipinski definition) is 5. The van der Waals surface area contributed by atoms with Crippen LogP contribution < -0.4 is 10.5 Å². The molecule has 1 heterocycles. The van der Waals surface area contributed by atoms with Crippen LogP contribution in [0.25, 0.3) is 17.5 Å². The number of rotatable bonds is 12. The summed E-state index contributed by atoms with van der Waals surface area (Å²) in [6, 6.07) is 18.1. The van der Waals surface area contributed by atoms with E-state index in [1.807, 2.05) is 12.1 Å². The Kier molecular flexibility index (Phi) is 10.6. The van der Waals surface area contributed by atoms with E-state index in [4.69, 9.17) is 4.74 Å². The summed E-state index contributed by atoms with van der Waals surface area (Å²) in [6.45, 7) is -0.656. The first-order valence-corrected chi connectivity index (χ1v) is 15.0. The zero-order chi connectivity index (χ0) is 36.1. The number of allylic oxidation sites excluding steroid dienone is 1. The lowest BCUT2D eigenvalue weighted by atomic mass is 9.91. The van der Waals surface area contributed by atoms with E-state index < -0.39 is 47.6 Å². The molecule has 0 aliphatic heterocycles. The summed E-state index contributed by atoms with van der Waals surface area (Å²) >= 11 is 0. The van der Waals surface area contributed by atoms with Crippen molar-refractivity contribution in [3.8, 4) is 17.1 Å². The van der Waals surface area contributed by atoms with Gasteiger partial charge >= 0.3 is 24.1 Å². The lowest BCUT2D eigenvalue weighted by Crippen LogP contribution is -2.12. The molecule has 0 aliphatic rings. The standard InChI is InChI=1S/C36H27F7N2O5/c37-30-13-14-31(49-20-24-16-28(35(38,39)40)19-29(17-24)36(41,42)43)27(18-30)12-7-22(15-23-5-10-26(11-6-23)33(46)47)2-1-21-3-8-25(9-4-21)32-44-34(48)50-45-32/h3-14,16-19,22H,1-2,15,20H2,(H,46,47)(H,44,45,48). The summed E-state index contributed by atoms with van der Waals surface area (Å²) < 4.78 is 105. The van der Waals surface area contributed by atoms with Crippen LogP contribution in [0, 0.1) is 11.7 Å². The summed E-state index contributed by atoms with van der Waals surface area (Å²) in [5, 5.41) is 12.9. The molecule has 5 rings (SSSR count). The highest BCUT2D eigenvalue weighted by Crippen LogP contribution is 2.37. The number of ether oxygens (including phenoxy) is 1. The Morgan fingerprint density at radius 2 is 1.50 bits per heavy atom. The molecule has 0 saturated carbocycles. The van der Waals surface area contributed by atoms with E-state index in [0.29, 0.717) is 37.0 Å². The lowest BCUT2D eigenvalue weighted by Gasteiger charge is -2.16. The monoisotopic (exact) mass is 700 g/mol. The van der Waals surface area contributed by atoms with Gasteiger partial charge in [-0.2, -0.15) is 26.3 Å². The van der Waals surface area contributed by atoms with Gasteiger partial charge in [-0.05, 0) is 90.4 Å². The highest BCUT2D eigenvalue weighted by molar-refractivity contribution is 5.87. The average molecular weight is 701 g/mol. The number of carboxylic acid groups (broad SMARTS) is 1. The van der Waals surface area contributed by atoms with Gasteiger partial charge in [0.1, 0.15) is 18.2 Å². The van der Waals surface area contributed by atoms with E-state index >= 15 is 0 Å². The Labute approximate surface area is 279 Å². The number of nitrogens with zero attached hydrogens (tertiary/aromatic N) is 1. The van der Waals surface area contributed by atoms with E-state index in [9.17, 15) is 45.4 Å². The number of nitrogens with one attached hydrogen (secondary N) is 1. The van der Waals surface area contributed by atoms with Crippen LogP contribution in [-0.2, 0) is 31.8 Å². The van der Waals surface area contributed by atoms with Gasteiger partial charge in [0.15, 0.2) is 5.82 Å². The Morgan fingerprint density at radius 3 is 2.08 bits per heavy atom. The van der Waals surface area contributed by atoms with Crippen molar-refractivity contribution in [3.05, 3.63) is 146 Å². The van der Waals surface area contributed by atoms with Crippen LogP contribution >= 0.6 is 0 Å². The van der Waals surface area contributed by atoms with Crippen LogP contribution in [0.5, 0.6) is 5.75 Å². The van der Waals surface area contributed by atoms with Crippen molar-refractivity contribution in [1.82, 2.24) is 10.1 Å². The zero-order valence-electron chi connectivity index (χ0n) is 25.8. The second kappa shape index (κ2) is 14.8. The van der Waals surface area contributed by atoms with Crippen molar-refractivity contribution >= 4 is 12.0 Å². The van der Waals surface area contributed by atoms with Gasteiger partial charge in [-0.3, -0.25) is 9.51 Å². The maximum Gasteiger partial charge on any atom is 0.439 e. The summed E-state index contributed by atoms with van der Waals surface area (Å²) in [7, 11) is 0. The van der Waals surface area contributed by atoms with Crippen molar-refractivity contribution in [3.63, 3.8) is 0 Å². The van der Waals surface area contributed by atoms with Gasteiger partial charge in [0.05, 0.1) is 16.7 Å². The van der Waals surface area contributed by atoms with Crippen molar-refractivity contribution in [2.24, 2.45) is 5.92 Å². The highest BCUT2D eigenvalue weighted by atomic mass is 19.4. The fourth-order valence-corrected chi connectivity index (χ4v) is 5.17. The molecule has 7 nitrogen and oxygen atoms in total. The summed E-state index contributed by atoms with van der Waals surface area (Å²) in [4.78, 5) is 25.1. The predicted molar refractivity (Wildman–Crippen MR) is 168 cm³/mol. The van der Waals surface area contributed by atoms with Crippen molar-refractivity contribution < 1.29 is 49.9 Å². The van der Waals surface area contributed by atoms with E-state index in [2.05, 4.69) is 14.7 Å². The van der Waals surface area contributed by atoms with Crippen molar-refractivity contribution in [1.29, 1.82) is 0 Å². The molecule has 260 valence electrons. The van der Waals surface area contributed by atoms with Gasteiger partial charge in [0.25, 0.3) is 0 Å². The van der Waals surface area contributed by atoms with Gasteiger partial charge in [0, 0.05) is 11.1 Å². The molecule has 0 amide bonds. The number of alkyl halides is 6. The third kappa shape index (κ3) is 9.49. The number of aromatic carboxylic acids is 1. The van der Waals surface area contributed by atoms with Gasteiger partial charge in [-0.25, -0.2) is 14.0 Å². The number of aryl methyl sites for hydroxylation is 1. The van der Waals surface area contributed by atoms with Crippen LogP contribution in [0.15, 0.2) is 100 Å². The second-order valence-corrected chi connectivity index (χ2v) is 11.4. The third-order valence-electron chi connectivity index (χ3n) is 7.73. The Morgan fingerprint density at radius 1 is 0.860 bits per heavy atom. The molecule has 0 spiro atoms. The molecule has 50 heavy (non-hydrogen) atoms. The van der Waals surface area contributed by atoms with Gasteiger partial charge in [-0.1, -0.05) is 53.7 Å². The van der Waals surface area contributed by atoms with Crippen LogP contribution in [0.1, 0.15) is 50.2 Å². The first-order chi connectivity index (χ1) is 23.6. The third-order valence-corrected chi connectivity index (χ3v) is 7.73. The van der Waals surface area contributed by atoms with Crippen LogP contribution in [0.4, 0.5) is 30.7 Å². The van der Waals surface area contributed by atoms with Gasteiger partial charge < -0.3 is 9.84 Å². The van der Waals surface area contributed by atoms with E-state index in [0.717, 1.165) is 23.3 Å². The molecule has 0 radical (unpaired) electrons. The molecular formula is C36H27F7N2O5. The average Bonchev–Trinajstić information content (AvgIpc) is 3.51. The molecule has 0 saturated heterocycles. The Balaban J connectivity index is 1.37. The van der Waals surface area contributed by atoms with Crippen LogP contribution in [0.3, 0.4) is 0 Å². The highest BCUT2D eigenvalue weighted by Gasteiger charge is 2.37. The molecule has 14 heteroatoms. The SMILES string of the molecule is O=C(O)c1ccc(CC(C=Cc2cc(F)ccc2OCc2cc(C(F)(F)F)cc(C(F)(F)F)c2)CCc2ccc(-c3noc(=O)[nH]3)cc2)cc1. The second-order valence-electron chi connectivity index (χ2n) is 11.4. The quantitative estimate of drug-likeness (QED) is 0.126. The molecule has 5 aromatic rings. The number of carboxylic acids is 1. The minimum absolute atomic E-state index is 0.0258. The van der Waals surface area contributed by atoms with Crippen LogP contribution in [0.2, 0.25) is 0 Å². The smallest absolute Gasteiger partial charge is 0.439 e. The summed E-state index contributed by atoms with van der Waals surface area (Å²) in [6.07, 6.45) is -5.12. The number of carbonyl (C=O) groups is 1. The minimum atomic E-state index is -5.03. The fraction of sp³-hybridized carbons (Fsp3) is 0.194. The molecule has 0 bridgehead atoms. The summed E-state index contributed by atoms with van der Waals surface area (Å²) in [5.41, 5.74) is -0.643. The molecule has 1 atom stereocenters. The summed E-state index contributed by atoms with van der Waals surface area (Å²) in [5.74, 6) is -2.32. The maximum atomic E-state index is 14.4. The molecule has 4 aromatic carbocycles. The maximum absolute atomic E-state index is 14.4. The van der Waals surface area contributed by atoms with Crippen molar-refractivity contribution in [2.45, 2.75) is 38.2 Å². The first-order valence-electron chi connectivity index (χ1n) is 15.0. The van der Waals surface area contributed by atoms with Gasteiger partial charge in [0.2, 0.25) is 0 Å². The molecule has 1 aromatic heterocycles. The van der Waals surface area contributed by atoms with E-state index in [-0.39, 0.29) is 40.2 Å². The Bertz CT molecular complexity index is 2000. The lowest BCUT2D eigenvalue weighted by molar-refractivity contribution is -0.143. The molecular weight excluding hydrogens is 673 g/mol. The minimum Gasteiger partial charge on any atom is -0.488 e. The van der Waals surface area contributed by atoms with E-state index in [1.54, 1.807) is 36.4 Å². The van der Waals surface area contributed by atoms with Crippen LogP contribution in [-0.4, -0.2) is 21.2 Å². The normalized spacial score (nSPS) is 12.7. The molecule has 1 unspecified atom stereocenters. The largest absolute Gasteiger partial charge is 0.488 e. The number of aromatic nitrogens is 2. The Hall–Kier alpha value is -5.66. The van der Waals surface area contributed by atoms with Crippen molar-refractivity contribution in [2.75, 3.05) is 0 Å². The predicted octanol–water partition coefficient (Wildman–Crippen LogP) is 8.99.